The summed E-state index contributed by atoms with van der Waals surface area (Å²) < 4.78 is 1.22. The van der Waals surface area contributed by atoms with Crippen molar-refractivity contribution in [3.8, 4) is 0 Å². The van der Waals surface area contributed by atoms with Crippen molar-refractivity contribution in [2.75, 3.05) is 0 Å². The van der Waals surface area contributed by atoms with Crippen molar-refractivity contribution < 1.29 is 9.90 Å². The molecule has 0 fully saturated rings. The summed E-state index contributed by atoms with van der Waals surface area (Å²) in [7, 11) is 0. The van der Waals surface area contributed by atoms with Gasteiger partial charge in [-0.25, -0.2) is 9.78 Å². The highest BCUT2D eigenvalue weighted by Crippen LogP contribution is 2.00. The van der Waals surface area contributed by atoms with Crippen LogP contribution in [-0.2, 0) is 0 Å². The van der Waals surface area contributed by atoms with Gasteiger partial charge in [0.15, 0.2) is 5.69 Å². The lowest BCUT2D eigenvalue weighted by Crippen LogP contribution is -2.10. The van der Waals surface area contributed by atoms with Crippen LogP contribution < -0.4 is 5.56 Å². The van der Waals surface area contributed by atoms with Crippen LogP contribution in [0.25, 0.3) is 5.65 Å². The van der Waals surface area contributed by atoms with Gasteiger partial charge in [0, 0.05) is 12.4 Å². The molecule has 2 heterocycles. The first kappa shape index (κ1) is 7.53. The van der Waals surface area contributed by atoms with Gasteiger partial charge in [-0.05, 0) is 0 Å². The fourth-order valence-corrected chi connectivity index (χ4v) is 1.09. The predicted molar refractivity (Wildman–Crippen MR) is 42.8 cm³/mol. The maximum atomic E-state index is 11.1. The van der Waals surface area contributed by atoms with E-state index in [4.69, 9.17) is 5.11 Å². The summed E-state index contributed by atoms with van der Waals surface area (Å²) in [6.45, 7) is 0. The quantitative estimate of drug-likeness (QED) is 0.630. The number of carboxylic acid groups (broad SMARTS) is 1. The summed E-state index contributed by atoms with van der Waals surface area (Å²) >= 11 is 0. The summed E-state index contributed by atoms with van der Waals surface area (Å²) in [5, 5.41) is 8.69. The summed E-state index contributed by atoms with van der Waals surface area (Å²) in [5.41, 5.74) is -0.351. The van der Waals surface area contributed by atoms with E-state index < -0.39 is 11.5 Å². The normalized spacial score (nSPS) is 10.5. The molecule has 0 radical (unpaired) electrons. The summed E-state index contributed by atoms with van der Waals surface area (Å²) in [6, 6.07) is 0. The number of carbonyl (C=O) groups is 1. The molecule has 2 rings (SSSR count). The van der Waals surface area contributed by atoms with E-state index in [1.54, 1.807) is 0 Å². The second kappa shape index (κ2) is 2.44. The number of imidazole rings is 1. The molecule has 0 aliphatic carbocycles. The van der Waals surface area contributed by atoms with E-state index in [1.165, 1.54) is 16.8 Å². The Bertz CT molecular complexity index is 525. The van der Waals surface area contributed by atoms with Crippen molar-refractivity contribution in [1.29, 1.82) is 0 Å². The largest absolute Gasteiger partial charge is 0.477 e. The minimum absolute atomic E-state index is 0.0268. The number of aromatic nitrogens is 3. The zero-order valence-corrected chi connectivity index (χ0v) is 6.39. The average molecular weight is 179 g/mol. The third kappa shape index (κ3) is 0.994. The molecule has 2 aromatic rings. The van der Waals surface area contributed by atoms with Gasteiger partial charge >= 0.3 is 5.97 Å². The summed E-state index contributed by atoms with van der Waals surface area (Å²) in [6.07, 6.45) is 3.95. The van der Waals surface area contributed by atoms with Gasteiger partial charge in [-0.15, -0.1) is 0 Å². The first-order valence-electron chi connectivity index (χ1n) is 3.48. The smallest absolute Gasteiger partial charge is 0.354 e. The molecule has 0 saturated heterocycles. The molecule has 6 heteroatoms. The Morgan fingerprint density at radius 1 is 1.62 bits per heavy atom. The molecule has 6 nitrogen and oxygen atoms in total. The van der Waals surface area contributed by atoms with Crippen molar-refractivity contribution in [1.82, 2.24) is 14.4 Å². The third-order valence-electron chi connectivity index (χ3n) is 1.66. The van der Waals surface area contributed by atoms with Crippen LogP contribution in [0.1, 0.15) is 10.5 Å². The minimum Gasteiger partial charge on any atom is -0.477 e. The fourth-order valence-electron chi connectivity index (χ4n) is 1.09. The highest BCUT2D eigenvalue weighted by molar-refractivity contribution is 5.86. The Labute approximate surface area is 71.5 Å². The number of aromatic carboxylic acids is 1. The minimum atomic E-state index is -1.11. The first-order chi connectivity index (χ1) is 6.20. The zero-order chi connectivity index (χ0) is 9.42. The standard InChI is InChI=1S/C7H5N3O3/c11-6-5-9-3-4(7(12)13)10(5)2-1-8-6/h1-3H,(H,8,11)(H,12,13). The van der Waals surface area contributed by atoms with Gasteiger partial charge in [0.25, 0.3) is 5.56 Å². The molecule has 0 aliphatic heterocycles. The summed E-state index contributed by atoms with van der Waals surface area (Å²) in [4.78, 5) is 27.8. The molecule has 0 unspecified atom stereocenters. The second-order valence-electron chi connectivity index (χ2n) is 2.43. The van der Waals surface area contributed by atoms with Crippen molar-refractivity contribution in [2.24, 2.45) is 0 Å². The van der Waals surface area contributed by atoms with Gasteiger partial charge in [0.05, 0.1) is 6.20 Å². The van der Waals surface area contributed by atoms with E-state index in [9.17, 15) is 9.59 Å². The SMILES string of the molecule is O=C(O)c1cnc2c(=O)[nH]ccn12. The monoisotopic (exact) mass is 179 g/mol. The molecule has 0 bridgehead atoms. The molecule has 0 saturated carbocycles. The van der Waals surface area contributed by atoms with Crippen molar-refractivity contribution >= 4 is 11.6 Å². The molecule has 0 amide bonds. The van der Waals surface area contributed by atoms with E-state index in [2.05, 4.69) is 9.97 Å². The number of carboxylic acids is 1. The molecule has 0 spiro atoms. The molecule has 0 aliphatic rings. The van der Waals surface area contributed by atoms with Crippen LogP contribution in [0.5, 0.6) is 0 Å². The number of aromatic amines is 1. The van der Waals surface area contributed by atoms with Crippen LogP contribution in [0.3, 0.4) is 0 Å². The van der Waals surface area contributed by atoms with Crippen LogP contribution in [0.4, 0.5) is 0 Å². The lowest BCUT2D eigenvalue weighted by atomic mass is 10.5. The number of hydrogen-bond donors (Lipinski definition) is 2. The fraction of sp³-hybridized carbons (Fsp3) is 0. The molecule has 13 heavy (non-hydrogen) atoms. The number of hydrogen-bond acceptors (Lipinski definition) is 3. The van der Waals surface area contributed by atoms with Crippen molar-refractivity contribution in [3.63, 3.8) is 0 Å². The highest BCUT2D eigenvalue weighted by Gasteiger charge is 2.10. The van der Waals surface area contributed by atoms with E-state index in [-0.39, 0.29) is 11.3 Å². The molecule has 0 aromatic carbocycles. The third-order valence-corrected chi connectivity index (χ3v) is 1.66. The molecule has 66 valence electrons. The Hall–Kier alpha value is -2.11. The first-order valence-corrected chi connectivity index (χ1v) is 3.48. The number of nitrogens with zero attached hydrogens (tertiary/aromatic N) is 2. The van der Waals surface area contributed by atoms with Gasteiger partial charge in [-0.1, -0.05) is 0 Å². The lowest BCUT2D eigenvalue weighted by Gasteiger charge is -1.93. The van der Waals surface area contributed by atoms with Crippen LogP contribution in [0.15, 0.2) is 23.4 Å². The number of fused-ring (bicyclic) bond motifs is 1. The van der Waals surface area contributed by atoms with Crippen LogP contribution in [0.2, 0.25) is 0 Å². The number of rotatable bonds is 1. The topological polar surface area (TPSA) is 87.5 Å². The van der Waals surface area contributed by atoms with Crippen molar-refractivity contribution in [3.05, 3.63) is 34.6 Å². The lowest BCUT2D eigenvalue weighted by molar-refractivity contribution is 0.0689. The van der Waals surface area contributed by atoms with E-state index in [0.717, 1.165) is 6.20 Å². The van der Waals surface area contributed by atoms with Crippen LogP contribution >= 0.6 is 0 Å². The second-order valence-corrected chi connectivity index (χ2v) is 2.43. The Balaban J connectivity index is 2.91. The van der Waals surface area contributed by atoms with Gasteiger partial charge in [0.2, 0.25) is 5.65 Å². The average Bonchev–Trinajstić information content (AvgIpc) is 2.48. The molecule has 2 aromatic heterocycles. The van der Waals surface area contributed by atoms with Gasteiger partial charge in [-0.2, -0.15) is 0 Å². The molecule has 0 atom stereocenters. The molecular weight excluding hydrogens is 174 g/mol. The number of H-pyrrole nitrogens is 1. The molecular formula is C7H5N3O3. The van der Waals surface area contributed by atoms with Crippen molar-refractivity contribution in [2.45, 2.75) is 0 Å². The van der Waals surface area contributed by atoms with E-state index in [0.29, 0.717) is 0 Å². The predicted octanol–water partition coefficient (Wildman–Crippen LogP) is -0.279. The molecule has 2 N–H and O–H groups in total. The van der Waals surface area contributed by atoms with Crippen LogP contribution in [-0.4, -0.2) is 25.4 Å². The number of nitrogens with one attached hydrogen (secondary N) is 1. The van der Waals surface area contributed by atoms with Gasteiger partial charge in [-0.3, -0.25) is 9.20 Å². The Kier molecular flexibility index (Phi) is 1.42. The van der Waals surface area contributed by atoms with Gasteiger partial charge in [0.1, 0.15) is 0 Å². The van der Waals surface area contributed by atoms with E-state index >= 15 is 0 Å². The Morgan fingerprint density at radius 3 is 3.08 bits per heavy atom. The van der Waals surface area contributed by atoms with E-state index in [1.807, 2.05) is 0 Å². The summed E-state index contributed by atoms with van der Waals surface area (Å²) in [5.74, 6) is -1.11. The Morgan fingerprint density at radius 2 is 2.38 bits per heavy atom. The maximum Gasteiger partial charge on any atom is 0.354 e. The maximum absolute atomic E-state index is 11.1. The highest BCUT2D eigenvalue weighted by atomic mass is 16.4. The van der Waals surface area contributed by atoms with Crippen LogP contribution in [0, 0.1) is 0 Å². The van der Waals surface area contributed by atoms with Gasteiger partial charge < -0.3 is 10.1 Å². The zero-order valence-electron chi connectivity index (χ0n) is 6.39.